The molecule has 0 saturated heterocycles. The SMILES string of the molecule is C=C(C[C@H](C)CCOC(=O)CC1CC1C)C[C@H](O)/C=C/C[C@H](OC=O)[C@@H](O)/C=C/[C@@H]1CC(C)=CCO1. The van der Waals surface area contributed by atoms with E-state index in [1.807, 2.05) is 13.0 Å². The molecule has 2 rings (SSSR count). The van der Waals surface area contributed by atoms with Crippen LogP contribution in [0, 0.1) is 17.8 Å². The Morgan fingerprint density at radius 1 is 1.31 bits per heavy atom. The van der Waals surface area contributed by atoms with Gasteiger partial charge in [-0.2, -0.15) is 0 Å². The number of carbonyl (C=O) groups is 2. The van der Waals surface area contributed by atoms with Crippen molar-refractivity contribution in [2.24, 2.45) is 17.8 Å². The Bertz CT molecular complexity index is 799. The highest BCUT2D eigenvalue weighted by molar-refractivity contribution is 5.70. The first kappa shape index (κ1) is 30.0. The first-order valence-electron chi connectivity index (χ1n) is 13.1. The van der Waals surface area contributed by atoms with Gasteiger partial charge in [0, 0.05) is 12.8 Å². The van der Waals surface area contributed by atoms with Gasteiger partial charge in [-0.3, -0.25) is 9.59 Å². The van der Waals surface area contributed by atoms with Crippen LogP contribution in [-0.4, -0.2) is 60.3 Å². The molecule has 1 aliphatic carbocycles. The molecule has 0 spiro atoms. The molecule has 0 bridgehead atoms. The van der Waals surface area contributed by atoms with Gasteiger partial charge in [0.25, 0.3) is 6.47 Å². The molecule has 36 heavy (non-hydrogen) atoms. The lowest BCUT2D eigenvalue weighted by Crippen LogP contribution is -2.27. The van der Waals surface area contributed by atoms with Crippen LogP contribution < -0.4 is 0 Å². The average Bonchev–Trinajstić information content (AvgIpc) is 3.50. The number of aliphatic hydroxyl groups excluding tert-OH is 2. The predicted octanol–water partition coefficient (Wildman–Crippen LogP) is 4.44. The van der Waals surface area contributed by atoms with E-state index < -0.39 is 18.3 Å². The van der Waals surface area contributed by atoms with Crippen molar-refractivity contribution < 1.29 is 34.0 Å². The van der Waals surface area contributed by atoms with Crippen LogP contribution in [0.5, 0.6) is 0 Å². The van der Waals surface area contributed by atoms with Crippen LogP contribution in [0.2, 0.25) is 0 Å². The van der Waals surface area contributed by atoms with Crippen LogP contribution in [-0.2, 0) is 23.8 Å². The van der Waals surface area contributed by atoms with E-state index in [-0.39, 0.29) is 18.5 Å². The number of hydrogen-bond acceptors (Lipinski definition) is 7. The van der Waals surface area contributed by atoms with E-state index >= 15 is 0 Å². The third-order valence-electron chi connectivity index (χ3n) is 6.84. The maximum atomic E-state index is 11.8. The molecule has 0 radical (unpaired) electrons. The van der Waals surface area contributed by atoms with Crippen LogP contribution >= 0.6 is 0 Å². The molecular formula is C29H44O7. The third-order valence-corrected chi connectivity index (χ3v) is 6.84. The fraction of sp³-hybridized carbons (Fsp3) is 0.655. The lowest BCUT2D eigenvalue weighted by molar-refractivity contribution is -0.144. The highest BCUT2D eigenvalue weighted by Crippen LogP contribution is 2.40. The Labute approximate surface area is 215 Å². The summed E-state index contributed by atoms with van der Waals surface area (Å²) in [5.74, 6) is 1.33. The van der Waals surface area contributed by atoms with E-state index in [2.05, 4.69) is 20.4 Å². The standard InChI is InChI=1S/C29H44O7/c1-20(11-13-35-29(33)18-24-17-23(24)4)14-22(3)15-25(31)6-5-7-28(36-19-30)27(32)9-8-26-16-21(2)10-12-34-26/h5-6,8-10,19-20,23-28,31-32H,3,7,11-18H2,1-2,4H3/b6-5+,9-8+/t20-,23?,24?,25-,26-,27+,28+/m1/s1. The van der Waals surface area contributed by atoms with Gasteiger partial charge < -0.3 is 24.4 Å². The van der Waals surface area contributed by atoms with E-state index in [1.165, 1.54) is 5.57 Å². The molecule has 1 aliphatic heterocycles. The number of rotatable bonds is 17. The topological polar surface area (TPSA) is 102 Å². The second kappa shape index (κ2) is 15.8. The Hall–Kier alpha value is -2.22. The summed E-state index contributed by atoms with van der Waals surface area (Å²) in [5.41, 5.74) is 2.15. The molecule has 1 saturated carbocycles. The fourth-order valence-electron chi connectivity index (χ4n) is 4.35. The van der Waals surface area contributed by atoms with Gasteiger partial charge >= 0.3 is 5.97 Å². The maximum absolute atomic E-state index is 11.8. The highest BCUT2D eigenvalue weighted by atomic mass is 16.5. The Morgan fingerprint density at radius 2 is 2.06 bits per heavy atom. The molecule has 1 fully saturated rings. The van der Waals surface area contributed by atoms with Crippen molar-refractivity contribution in [3.63, 3.8) is 0 Å². The molecule has 2 unspecified atom stereocenters. The largest absolute Gasteiger partial charge is 0.466 e. The molecular weight excluding hydrogens is 460 g/mol. The Balaban J connectivity index is 1.66. The maximum Gasteiger partial charge on any atom is 0.306 e. The molecule has 2 N–H and O–H groups in total. The second-order valence-corrected chi connectivity index (χ2v) is 10.5. The molecule has 1 heterocycles. The summed E-state index contributed by atoms with van der Waals surface area (Å²) in [6.45, 7) is 11.6. The molecule has 0 aromatic heterocycles. The van der Waals surface area contributed by atoms with Gasteiger partial charge in [0.15, 0.2) is 0 Å². The second-order valence-electron chi connectivity index (χ2n) is 10.5. The molecule has 202 valence electrons. The summed E-state index contributed by atoms with van der Waals surface area (Å²) in [4.78, 5) is 22.7. The molecule has 7 atom stereocenters. The molecule has 0 amide bonds. The first-order chi connectivity index (χ1) is 17.2. The minimum absolute atomic E-state index is 0.106. The highest BCUT2D eigenvalue weighted by Gasteiger charge is 2.34. The smallest absolute Gasteiger partial charge is 0.306 e. The average molecular weight is 505 g/mol. The van der Waals surface area contributed by atoms with Crippen molar-refractivity contribution in [1.82, 2.24) is 0 Å². The van der Waals surface area contributed by atoms with E-state index in [0.29, 0.717) is 50.3 Å². The normalized spacial score (nSPS) is 25.1. The molecule has 7 nitrogen and oxygen atoms in total. The zero-order valence-corrected chi connectivity index (χ0v) is 22.0. The fourth-order valence-corrected chi connectivity index (χ4v) is 4.35. The Morgan fingerprint density at radius 3 is 2.72 bits per heavy atom. The van der Waals surface area contributed by atoms with Crippen LogP contribution in [0.15, 0.2) is 48.1 Å². The van der Waals surface area contributed by atoms with Gasteiger partial charge in [0.05, 0.1) is 25.4 Å². The van der Waals surface area contributed by atoms with Crippen molar-refractivity contribution in [2.45, 2.75) is 90.1 Å². The number of carbonyl (C=O) groups excluding carboxylic acids is 2. The van der Waals surface area contributed by atoms with Crippen LogP contribution in [0.1, 0.15) is 65.7 Å². The van der Waals surface area contributed by atoms with Crippen molar-refractivity contribution in [3.05, 3.63) is 48.1 Å². The molecule has 2 aliphatic rings. The van der Waals surface area contributed by atoms with Gasteiger partial charge in [0.2, 0.25) is 0 Å². The lowest BCUT2D eigenvalue weighted by Gasteiger charge is -2.21. The number of aliphatic hydroxyl groups is 2. The quantitative estimate of drug-likeness (QED) is 0.171. The summed E-state index contributed by atoms with van der Waals surface area (Å²) in [6, 6.07) is 0. The zero-order valence-electron chi connectivity index (χ0n) is 22.0. The summed E-state index contributed by atoms with van der Waals surface area (Å²) >= 11 is 0. The van der Waals surface area contributed by atoms with Gasteiger partial charge in [-0.25, -0.2) is 0 Å². The minimum Gasteiger partial charge on any atom is -0.466 e. The first-order valence-corrected chi connectivity index (χ1v) is 13.1. The summed E-state index contributed by atoms with van der Waals surface area (Å²) < 4.78 is 16.0. The number of ether oxygens (including phenoxy) is 3. The molecule has 7 heteroatoms. The van der Waals surface area contributed by atoms with Crippen molar-refractivity contribution in [1.29, 1.82) is 0 Å². The lowest BCUT2D eigenvalue weighted by atomic mass is 9.95. The van der Waals surface area contributed by atoms with Crippen molar-refractivity contribution in [2.75, 3.05) is 13.2 Å². The zero-order chi connectivity index (χ0) is 26.5. The van der Waals surface area contributed by atoms with Crippen molar-refractivity contribution in [3.8, 4) is 0 Å². The van der Waals surface area contributed by atoms with E-state index in [9.17, 15) is 19.8 Å². The van der Waals surface area contributed by atoms with Gasteiger partial charge in [-0.15, -0.1) is 0 Å². The van der Waals surface area contributed by atoms with E-state index in [1.54, 1.807) is 24.3 Å². The number of esters is 1. The summed E-state index contributed by atoms with van der Waals surface area (Å²) in [7, 11) is 0. The minimum atomic E-state index is -0.982. The van der Waals surface area contributed by atoms with Crippen molar-refractivity contribution >= 4 is 12.4 Å². The molecule has 0 aromatic rings. The van der Waals surface area contributed by atoms with Crippen LogP contribution in [0.25, 0.3) is 0 Å². The van der Waals surface area contributed by atoms with Gasteiger partial charge in [-0.05, 0) is 56.8 Å². The van der Waals surface area contributed by atoms with Gasteiger partial charge in [0.1, 0.15) is 12.2 Å². The summed E-state index contributed by atoms with van der Waals surface area (Å²) in [6.07, 6.45) is 10.8. The van der Waals surface area contributed by atoms with E-state index in [4.69, 9.17) is 14.2 Å². The van der Waals surface area contributed by atoms with Crippen LogP contribution in [0.3, 0.4) is 0 Å². The predicted molar refractivity (Wildman–Crippen MR) is 139 cm³/mol. The monoisotopic (exact) mass is 504 g/mol. The Kier molecular flexibility index (Phi) is 13.2. The van der Waals surface area contributed by atoms with Crippen LogP contribution in [0.4, 0.5) is 0 Å². The van der Waals surface area contributed by atoms with Gasteiger partial charge in [-0.1, -0.05) is 62.0 Å². The van der Waals surface area contributed by atoms with E-state index in [0.717, 1.165) is 31.3 Å². The molecule has 0 aromatic carbocycles. The third kappa shape index (κ3) is 12.2. The summed E-state index contributed by atoms with van der Waals surface area (Å²) in [5, 5.41) is 20.8. The number of hydrogen-bond donors (Lipinski definition) is 2.